The molecule has 0 aliphatic heterocycles. The molecule has 140 valence electrons. The molecular formula is C21H23N3O3. The molecule has 1 fully saturated rings. The smallest absolute Gasteiger partial charge is 0.248 e. The first kappa shape index (κ1) is 17.5. The molecule has 4 N–H and O–H groups in total. The minimum atomic E-state index is -0.456. The number of aliphatic hydroxyl groups excluding tert-OH is 1. The lowest BCUT2D eigenvalue weighted by molar-refractivity contribution is 0.0917. The predicted octanol–water partition coefficient (Wildman–Crippen LogP) is 3.26. The van der Waals surface area contributed by atoms with E-state index in [0.29, 0.717) is 18.1 Å². The van der Waals surface area contributed by atoms with E-state index in [-0.39, 0.29) is 6.10 Å². The third-order valence-electron chi connectivity index (χ3n) is 5.20. The lowest BCUT2D eigenvalue weighted by Gasteiger charge is -2.25. The third-order valence-corrected chi connectivity index (χ3v) is 5.20. The summed E-state index contributed by atoms with van der Waals surface area (Å²) in [7, 11) is 0. The van der Waals surface area contributed by atoms with Gasteiger partial charge < -0.3 is 20.6 Å². The van der Waals surface area contributed by atoms with Gasteiger partial charge in [-0.2, -0.15) is 0 Å². The van der Waals surface area contributed by atoms with Crippen LogP contribution in [0.5, 0.6) is 5.75 Å². The molecule has 6 heteroatoms. The summed E-state index contributed by atoms with van der Waals surface area (Å²) < 4.78 is 5.91. The van der Waals surface area contributed by atoms with Gasteiger partial charge in [-0.3, -0.25) is 4.79 Å². The number of nitrogens with zero attached hydrogens (tertiary/aromatic N) is 1. The molecule has 0 radical (unpaired) electrons. The van der Waals surface area contributed by atoms with Gasteiger partial charge in [-0.05, 0) is 74.1 Å². The van der Waals surface area contributed by atoms with Crippen molar-refractivity contribution in [1.82, 2.24) is 9.97 Å². The molecule has 1 aromatic heterocycles. The summed E-state index contributed by atoms with van der Waals surface area (Å²) in [5.41, 5.74) is 8.29. The first-order chi connectivity index (χ1) is 13.1. The average Bonchev–Trinajstić information content (AvgIpc) is 3.11. The fourth-order valence-electron chi connectivity index (χ4n) is 3.53. The Morgan fingerprint density at radius 1 is 1.15 bits per heavy atom. The number of primary amides is 1. The Kier molecular flexibility index (Phi) is 4.81. The summed E-state index contributed by atoms with van der Waals surface area (Å²) in [4.78, 5) is 19.1. The molecule has 6 nitrogen and oxygen atoms in total. The van der Waals surface area contributed by atoms with Gasteiger partial charge in [0.05, 0.1) is 23.7 Å². The van der Waals surface area contributed by atoms with Crippen molar-refractivity contribution < 1.29 is 14.6 Å². The number of rotatable bonds is 5. The SMILES string of the molecule is NC(=O)c1ccc2nc(-c3ccc(OCC4CCC(O)CC4)cc3)[nH]c2c1. The molecular weight excluding hydrogens is 342 g/mol. The Morgan fingerprint density at radius 3 is 2.59 bits per heavy atom. The first-order valence-electron chi connectivity index (χ1n) is 9.29. The van der Waals surface area contributed by atoms with Crippen LogP contribution < -0.4 is 10.5 Å². The Morgan fingerprint density at radius 2 is 1.89 bits per heavy atom. The van der Waals surface area contributed by atoms with Gasteiger partial charge in [0.2, 0.25) is 5.91 Å². The summed E-state index contributed by atoms with van der Waals surface area (Å²) in [6.07, 6.45) is 3.65. The number of nitrogens with one attached hydrogen (secondary N) is 1. The van der Waals surface area contributed by atoms with Crippen molar-refractivity contribution in [2.24, 2.45) is 11.7 Å². The van der Waals surface area contributed by atoms with E-state index < -0.39 is 5.91 Å². The molecule has 0 atom stereocenters. The van der Waals surface area contributed by atoms with E-state index >= 15 is 0 Å². The topological polar surface area (TPSA) is 101 Å². The van der Waals surface area contributed by atoms with Crippen LogP contribution in [-0.2, 0) is 0 Å². The van der Waals surface area contributed by atoms with E-state index in [9.17, 15) is 9.90 Å². The summed E-state index contributed by atoms with van der Waals surface area (Å²) in [6.45, 7) is 0.687. The number of benzene rings is 2. The lowest BCUT2D eigenvalue weighted by Crippen LogP contribution is -2.22. The Hall–Kier alpha value is -2.86. The molecule has 27 heavy (non-hydrogen) atoms. The standard InChI is InChI=1S/C21H23N3O3/c22-20(26)15-5-10-18-19(11-15)24-21(23-18)14-3-8-17(9-4-14)27-12-13-1-6-16(25)7-2-13/h3-5,8-11,13,16,25H,1-2,6-7,12H2,(H2,22,26)(H,23,24). The number of hydrogen-bond acceptors (Lipinski definition) is 4. The number of imidazole rings is 1. The summed E-state index contributed by atoms with van der Waals surface area (Å²) in [5.74, 6) is 1.63. The summed E-state index contributed by atoms with van der Waals surface area (Å²) >= 11 is 0. The van der Waals surface area contributed by atoms with Crippen LogP contribution in [0.3, 0.4) is 0 Å². The van der Waals surface area contributed by atoms with Crippen molar-refractivity contribution >= 4 is 16.9 Å². The fraction of sp³-hybridized carbons (Fsp3) is 0.333. The number of H-pyrrole nitrogens is 1. The maximum absolute atomic E-state index is 11.3. The summed E-state index contributed by atoms with van der Waals surface area (Å²) in [6, 6.07) is 13.0. The number of nitrogens with two attached hydrogens (primary N) is 1. The molecule has 1 saturated carbocycles. The van der Waals surface area contributed by atoms with E-state index in [2.05, 4.69) is 9.97 Å². The number of carbonyl (C=O) groups excluding carboxylic acids is 1. The number of aliphatic hydroxyl groups is 1. The molecule has 0 saturated heterocycles. The number of amides is 1. The highest BCUT2D eigenvalue weighted by Gasteiger charge is 2.19. The molecule has 1 heterocycles. The van der Waals surface area contributed by atoms with Crippen molar-refractivity contribution in [3.05, 3.63) is 48.0 Å². The maximum Gasteiger partial charge on any atom is 0.248 e. The number of aromatic nitrogens is 2. The van der Waals surface area contributed by atoms with Gasteiger partial charge in [-0.15, -0.1) is 0 Å². The van der Waals surface area contributed by atoms with Gasteiger partial charge in [0.1, 0.15) is 11.6 Å². The zero-order valence-corrected chi connectivity index (χ0v) is 15.0. The third kappa shape index (κ3) is 3.95. The van der Waals surface area contributed by atoms with Crippen molar-refractivity contribution in [2.45, 2.75) is 31.8 Å². The minimum Gasteiger partial charge on any atom is -0.493 e. The van der Waals surface area contributed by atoms with Crippen LogP contribution in [0.1, 0.15) is 36.0 Å². The summed E-state index contributed by atoms with van der Waals surface area (Å²) in [5, 5.41) is 9.57. The van der Waals surface area contributed by atoms with Crippen LogP contribution in [0.15, 0.2) is 42.5 Å². The first-order valence-corrected chi connectivity index (χ1v) is 9.29. The maximum atomic E-state index is 11.3. The Balaban J connectivity index is 1.44. The van der Waals surface area contributed by atoms with E-state index in [1.807, 2.05) is 24.3 Å². The normalized spacial score (nSPS) is 19.9. The molecule has 1 aliphatic carbocycles. The van der Waals surface area contributed by atoms with Crippen LogP contribution in [0.25, 0.3) is 22.4 Å². The predicted molar refractivity (Wildman–Crippen MR) is 104 cm³/mol. The molecule has 1 aliphatic rings. The zero-order chi connectivity index (χ0) is 18.8. The molecule has 0 unspecified atom stereocenters. The van der Waals surface area contributed by atoms with E-state index in [4.69, 9.17) is 10.5 Å². The molecule has 3 aromatic rings. The van der Waals surface area contributed by atoms with Gasteiger partial charge >= 0.3 is 0 Å². The molecule has 0 bridgehead atoms. The molecule has 1 amide bonds. The van der Waals surface area contributed by atoms with E-state index in [0.717, 1.165) is 53.9 Å². The van der Waals surface area contributed by atoms with Gasteiger partial charge in [-0.1, -0.05) is 0 Å². The number of hydrogen-bond donors (Lipinski definition) is 3. The van der Waals surface area contributed by atoms with Crippen LogP contribution in [-0.4, -0.2) is 33.7 Å². The number of fused-ring (bicyclic) bond motifs is 1. The molecule has 0 spiro atoms. The van der Waals surface area contributed by atoms with Crippen molar-refractivity contribution in [3.8, 4) is 17.1 Å². The van der Waals surface area contributed by atoms with Crippen LogP contribution in [0.4, 0.5) is 0 Å². The van der Waals surface area contributed by atoms with Gasteiger partial charge in [-0.25, -0.2) is 4.98 Å². The molecule has 4 rings (SSSR count). The van der Waals surface area contributed by atoms with Gasteiger partial charge in [0.15, 0.2) is 0 Å². The fourth-order valence-corrected chi connectivity index (χ4v) is 3.53. The average molecular weight is 365 g/mol. The van der Waals surface area contributed by atoms with Gasteiger partial charge in [0, 0.05) is 11.1 Å². The van der Waals surface area contributed by atoms with Crippen molar-refractivity contribution in [3.63, 3.8) is 0 Å². The Bertz CT molecular complexity index is 941. The monoisotopic (exact) mass is 365 g/mol. The highest BCUT2D eigenvalue weighted by atomic mass is 16.5. The Labute approximate surface area is 157 Å². The largest absolute Gasteiger partial charge is 0.493 e. The van der Waals surface area contributed by atoms with Crippen LogP contribution in [0, 0.1) is 5.92 Å². The van der Waals surface area contributed by atoms with Gasteiger partial charge in [0.25, 0.3) is 0 Å². The lowest BCUT2D eigenvalue weighted by atomic mass is 9.88. The second-order valence-electron chi connectivity index (χ2n) is 7.19. The van der Waals surface area contributed by atoms with Crippen molar-refractivity contribution in [2.75, 3.05) is 6.61 Å². The highest BCUT2D eigenvalue weighted by molar-refractivity contribution is 5.96. The van der Waals surface area contributed by atoms with Crippen LogP contribution in [0.2, 0.25) is 0 Å². The quantitative estimate of drug-likeness (QED) is 0.646. The van der Waals surface area contributed by atoms with E-state index in [1.54, 1.807) is 18.2 Å². The highest BCUT2D eigenvalue weighted by Crippen LogP contribution is 2.27. The second-order valence-corrected chi connectivity index (χ2v) is 7.19. The number of ether oxygens (including phenoxy) is 1. The number of aromatic amines is 1. The van der Waals surface area contributed by atoms with E-state index in [1.165, 1.54) is 0 Å². The van der Waals surface area contributed by atoms with Crippen LogP contribution >= 0.6 is 0 Å². The minimum absolute atomic E-state index is 0.136. The molecule has 2 aromatic carbocycles. The van der Waals surface area contributed by atoms with Crippen molar-refractivity contribution in [1.29, 1.82) is 0 Å². The zero-order valence-electron chi connectivity index (χ0n) is 15.0. The number of carbonyl (C=O) groups is 1. The second kappa shape index (κ2) is 7.40.